The van der Waals surface area contributed by atoms with Crippen LogP contribution in [0, 0.1) is 17.8 Å². The quantitative estimate of drug-likeness (QED) is 0.790. The van der Waals surface area contributed by atoms with Crippen LogP contribution in [0.5, 0.6) is 0 Å². The third-order valence-electron chi connectivity index (χ3n) is 7.01. The molecule has 4 unspecified atom stereocenters. The van der Waals surface area contributed by atoms with Crippen LogP contribution in [-0.4, -0.2) is 55.2 Å². The van der Waals surface area contributed by atoms with Crippen molar-refractivity contribution >= 4 is 16.1 Å². The Morgan fingerprint density at radius 1 is 0.852 bits per heavy atom. The van der Waals surface area contributed by atoms with Gasteiger partial charge in [0.15, 0.2) is 0 Å². The number of piperidine rings is 1. The molecule has 0 aromatic rings. The summed E-state index contributed by atoms with van der Waals surface area (Å²) < 4.78 is 29.3. The summed E-state index contributed by atoms with van der Waals surface area (Å²) in [6, 6.07) is 0.235. The summed E-state index contributed by atoms with van der Waals surface area (Å²) in [5.41, 5.74) is 0. The third-order valence-corrected chi connectivity index (χ3v) is 9.01. The van der Waals surface area contributed by atoms with Crippen LogP contribution >= 0.6 is 0 Å². The fourth-order valence-corrected chi connectivity index (χ4v) is 6.66. The summed E-state index contributed by atoms with van der Waals surface area (Å²) in [6.45, 7) is 6.60. The van der Waals surface area contributed by atoms with Gasteiger partial charge in [-0.05, 0) is 43.9 Å². The molecule has 4 atom stereocenters. The van der Waals surface area contributed by atoms with Gasteiger partial charge in [0.1, 0.15) is 0 Å². The highest BCUT2D eigenvalue weighted by Crippen LogP contribution is 2.30. The van der Waals surface area contributed by atoms with Crippen LogP contribution in [0.1, 0.15) is 71.6 Å². The van der Waals surface area contributed by atoms with Crippen LogP contribution in [0.3, 0.4) is 0 Å². The molecular formula is C20H37N3O3S. The van der Waals surface area contributed by atoms with E-state index in [-0.39, 0.29) is 17.9 Å². The Kier molecular flexibility index (Phi) is 7.20. The van der Waals surface area contributed by atoms with Gasteiger partial charge in [-0.15, -0.1) is 0 Å². The zero-order chi connectivity index (χ0) is 19.4. The zero-order valence-corrected chi connectivity index (χ0v) is 17.8. The van der Waals surface area contributed by atoms with Crippen LogP contribution in [-0.2, 0) is 15.0 Å². The van der Waals surface area contributed by atoms with Gasteiger partial charge in [-0.1, -0.05) is 39.5 Å². The van der Waals surface area contributed by atoms with Crippen molar-refractivity contribution in [1.29, 1.82) is 0 Å². The second-order valence-electron chi connectivity index (χ2n) is 8.90. The Hall–Kier alpha value is -0.660. The van der Waals surface area contributed by atoms with Gasteiger partial charge in [0.2, 0.25) is 5.91 Å². The highest BCUT2D eigenvalue weighted by molar-refractivity contribution is 7.86. The SMILES string of the molecule is CC1CCCC(NC(=O)C2CCCN(S(=O)(=O)N3CCCCCC3)C2)C1C. The number of amides is 1. The van der Waals surface area contributed by atoms with Gasteiger partial charge in [0, 0.05) is 32.2 Å². The molecule has 3 fully saturated rings. The molecule has 1 N–H and O–H groups in total. The normalized spacial score (nSPS) is 34.7. The second-order valence-corrected chi connectivity index (χ2v) is 10.8. The van der Waals surface area contributed by atoms with Gasteiger partial charge in [0.05, 0.1) is 5.92 Å². The molecule has 27 heavy (non-hydrogen) atoms. The van der Waals surface area contributed by atoms with Gasteiger partial charge in [-0.3, -0.25) is 4.79 Å². The molecule has 2 aliphatic heterocycles. The molecule has 1 saturated carbocycles. The first-order valence-corrected chi connectivity index (χ1v) is 12.3. The van der Waals surface area contributed by atoms with E-state index in [0.717, 1.165) is 51.4 Å². The monoisotopic (exact) mass is 399 g/mol. The number of nitrogens with one attached hydrogen (secondary N) is 1. The molecule has 156 valence electrons. The van der Waals surface area contributed by atoms with Crippen LogP contribution in [0.4, 0.5) is 0 Å². The zero-order valence-electron chi connectivity index (χ0n) is 17.0. The van der Waals surface area contributed by atoms with Crippen LogP contribution in [0.25, 0.3) is 0 Å². The van der Waals surface area contributed by atoms with Crippen LogP contribution in [0.15, 0.2) is 0 Å². The van der Waals surface area contributed by atoms with Crippen molar-refractivity contribution in [3.8, 4) is 0 Å². The van der Waals surface area contributed by atoms with E-state index in [0.29, 0.717) is 38.0 Å². The summed E-state index contributed by atoms with van der Waals surface area (Å²) in [5.74, 6) is 0.959. The van der Waals surface area contributed by atoms with Gasteiger partial charge in [-0.25, -0.2) is 0 Å². The standard InChI is InChI=1S/C20H37N3O3S/c1-16-9-7-11-19(17(16)2)21-20(24)18-10-8-14-23(15-18)27(25,26)22-12-5-3-4-6-13-22/h16-19H,3-15H2,1-2H3,(H,21,24). The lowest BCUT2D eigenvalue weighted by Gasteiger charge is -2.38. The van der Waals surface area contributed by atoms with E-state index in [2.05, 4.69) is 19.2 Å². The number of carbonyl (C=O) groups is 1. The minimum atomic E-state index is -3.44. The lowest BCUT2D eigenvalue weighted by molar-refractivity contribution is -0.127. The Balaban J connectivity index is 1.60. The largest absolute Gasteiger partial charge is 0.353 e. The predicted molar refractivity (Wildman–Crippen MR) is 107 cm³/mol. The van der Waals surface area contributed by atoms with Crippen molar-refractivity contribution in [2.24, 2.45) is 17.8 Å². The summed E-state index contributed by atoms with van der Waals surface area (Å²) in [4.78, 5) is 12.9. The first-order valence-electron chi connectivity index (χ1n) is 10.9. The second kappa shape index (κ2) is 9.23. The van der Waals surface area contributed by atoms with Crippen molar-refractivity contribution < 1.29 is 13.2 Å². The molecule has 2 saturated heterocycles. The Bertz CT molecular complexity index is 602. The molecule has 0 aromatic carbocycles. The van der Waals surface area contributed by atoms with Crippen molar-refractivity contribution in [3.05, 3.63) is 0 Å². The maximum atomic E-state index is 13.1. The van der Waals surface area contributed by atoms with Crippen molar-refractivity contribution in [3.63, 3.8) is 0 Å². The minimum Gasteiger partial charge on any atom is -0.353 e. The molecule has 6 nitrogen and oxygen atoms in total. The molecular weight excluding hydrogens is 362 g/mol. The number of hydrogen-bond donors (Lipinski definition) is 1. The van der Waals surface area contributed by atoms with Gasteiger partial charge < -0.3 is 5.32 Å². The topological polar surface area (TPSA) is 69.7 Å². The lowest BCUT2D eigenvalue weighted by Crippen LogP contribution is -2.52. The van der Waals surface area contributed by atoms with Gasteiger partial charge >= 0.3 is 0 Å². The molecule has 3 rings (SSSR count). The van der Waals surface area contributed by atoms with Crippen molar-refractivity contribution in [2.45, 2.75) is 77.7 Å². The van der Waals surface area contributed by atoms with E-state index in [4.69, 9.17) is 0 Å². The van der Waals surface area contributed by atoms with E-state index in [9.17, 15) is 13.2 Å². The van der Waals surface area contributed by atoms with E-state index < -0.39 is 10.2 Å². The molecule has 7 heteroatoms. The smallest absolute Gasteiger partial charge is 0.281 e. The van der Waals surface area contributed by atoms with Crippen molar-refractivity contribution in [2.75, 3.05) is 26.2 Å². The van der Waals surface area contributed by atoms with Crippen molar-refractivity contribution in [1.82, 2.24) is 13.9 Å². The summed E-state index contributed by atoms with van der Waals surface area (Å²) in [6.07, 6.45) is 9.08. The number of carbonyl (C=O) groups excluding carboxylic acids is 1. The highest BCUT2D eigenvalue weighted by atomic mass is 32.2. The molecule has 0 spiro atoms. The maximum Gasteiger partial charge on any atom is 0.281 e. The van der Waals surface area contributed by atoms with E-state index >= 15 is 0 Å². The summed E-state index contributed by atoms with van der Waals surface area (Å²) in [5, 5.41) is 3.26. The minimum absolute atomic E-state index is 0.0525. The molecule has 3 aliphatic rings. The average molecular weight is 400 g/mol. The summed E-state index contributed by atoms with van der Waals surface area (Å²) in [7, 11) is -3.44. The molecule has 1 amide bonds. The summed E-state index contributed by atoms with van der Waals surface area (Å²) >= 11 is 0. The molecule has 0 aromatic heterocycles. The fourth-order valence-electron chi connectivity index (χ4n) is 4.89. The first-order chi connectivity index (χ1) is 12.9. The maximum absolute atomic E-state index is 13.1. The van der Waals surface area contributed by atoms with Gasteiger partial charge in [-0.2, -0.15) is 17.0 Å². The van der Waals surface area contributed by atoms with E-state index in [1.165, 1.54) is 6.42 Å². The van der Waals surface area contributed by atoms with E-state index in [1.54, 1.807) is 8.61 Å². The van der Waals surface area contributed by atoms with Crippen LogP contribution in [0.2, 0.25) is 0 Å². The third kappa shape index (κ3) is 5.04. The Labute approximate surface area is 165 Å². The highest BCUT2D eigenvalue weighted by Gasteiger charge is 2.37. The Morgan fingerprint density at radius 2 is 1.52 bits per heavy atom. The molecule has 0 radical (unpaired) electrons. The lowest BCUT2D eigenvalue weighted by atomic mass is 9.78. The van der Waals surface area contributed by atoms with Crippen LogP contribution < -0.4 is 5.32 Å². The van der Waals surface area contributed by atoms with Gasteiger partial charge in [0.25, 0.3) is 10.2 Å². The predicted octanol–water partition coefficient (Wildman–Crippen LogP) is 2.76. The molecule has 1 aliphatic carbocycles. The Morgan fingerprint density at radius 3 is 2.22 bits per heavy atom. The number of nitrogens with zero attached hydrogens (tertiary/aromatic N) is 2. The van der Waals surface area contributed by atoms with E-state index in [1.807, 2.05) is 0 Å². The first kappa shape index (κ1) is 21.1. The average Bonchev–Trinajstić information content (AvgIpc) is 2.95. The molecule has 0 bridgehead atoms. The number of hydrogen-bond acceptors (Lipinski definition) is 3. The molecule has 2 heterocycles. The fraction of sp³-hybridized carbons (Fsp3) is 0.950. The number of rotatable bonds is 4.